The van der Waals surface area contributed by atoms with Gasteiger partial charge in [-0.05, 0) is 59.8 Å². The standard InChI is InChI=1S/C25H18FN3O6S/c26-18-5-3-6-19(13-18)27-23(30)14-28-24(31)22(36-25(28)32)12-17-4-1-2-7-21(17)35-15-16-8-10-20(11-9-16)29(33)34/h1-13H,14-15H2,(H,27,30)/b22-12+. The number of para-hydroxylation sites is 1. The third kappa shape index (κ3) is 5.94. The Morgan fingerprint density at radius 2 is 1.83 bits per heavy atom. The molecular weight excluding hydrogens is 489 g/mol. The molecule has 3 aromatic carbocycles. The molecule has 1 N–H and O–H groups in total. The molecule has 0 aromatic heterocycles. The Balaban J connectivity index is 1.43. The summed E-state index contributed by atoms with van der Waals surface area (Å²) in [6, 6.07) is 18.1. The summed E-state index contributed by atoms with van der Waals surface area (Å²) >= 11 is 0.694. The summed E-state index contributed by atoms with van der Waals surface area (Å²) in [5.74, 6) is -1.37. The zero-order chi connectivity index (χ0) is 25.7. The fourth-order valence-corrected chi connectivity index (χ4v) is 4.12. The van der Waals surface area contributed by atoms with Crippen LogP contribution < -0.4 is 10.1 Å². The van der Waals surface area contributed by atoms with E-state index in [1.807, 2.05) is 0 Å². The summed E-state index contributed by atoms with van der Waals surface area (Å²) in [7, 11) is 0. The van der Waals surface area contributed by atoms with Crippen LogP contribution in [0.4, 0.5) is 20.6 Å². The van der Waals surface area contributed by atoms with Gasteiger partial charge in [-0.3, -0.25) is 29.4 Å². The molecule has 0 aliphatic carbocycles. The van der Waals surface area contributed by atoms with Crippen LogP contribution in [0, 0.1) is 15.9 Å². The second-order valence-corrected chi connectivity index (χ2v) is 8.57. The van der Waals surface area contributed by atoms with Crippen LogP contribution in [-0.2, 0) is 16.2 Å². The molecule has 4 rings (SSSR count). The van der Waals surface area contributed by atoms with Crippen molar-refractivity contribution in [3.8, 4) is 5.75 Å². The van der Waals surface area contributed by atoms with Crippen molar-refractivity contribution in [2.75, 3.05) is 11.9 Å². The maximum absolute atomic E-state index is 13.3. The third-order valence-electron chi connectivity index (χ3n) is 5.03. The van der Waals surface area contributed by atoms with Gasteiger partial charge in [0.2, 0.25) is 5.91 Å². The highest BCUT2D eigenvalue weighted by Crippen LogP contribution is 2.34. The summed E-state index contributed by atoms with van der Waals surface area (Å²) in [5, 5.41) is 12.7. The molecule has 0 saturated carbocycles. The number of amides is 3. The van der Waals surface area contributed by atoms with Gasteiger partial charge in [-0.15, -0.1) is 0 Å². The van der Waals surface area contributed by atoms with Crippen molar-refractivity contribution in [2.45, 2.75) is 6.61 Å². The molecule has 0 atom stereocenters. The van der Waals surface area contributed by atoms with Gasteiger partial charge in [0, 0.05) is 23.4 Å². The van der Waals surface area contributed by atoms with E-state index in [2.05, 4.69) is 5.32 Å². The van der Waals surface area contributed by atoms with Crippen molar-refractivity contribution in [2.24, 2.45) is 0 Å². The third-order valence-corrected chi connectivity index (χ3v) is 5.94. The van der Waals surface area contributed by atoms with Crippen molar-refractivity contribution in [3.05, 3.63) is 105 Å². The fourth-order valence-electron chi connectivity index (χ4n) is 3.29. The van der Waals surface area contributed by atoms with E-state index in [0.29, 0.717) is 28.6 Å². The van der Waals surface area contributed by atoms with E-state index in [1.54, 1.807) is 36.4 Å². The average Bonchev–Trinajstić information content (AvgIpc) is 3.11. The second-order valence-electron chi connectivity index (χ2n) is 7.58. The molecule has 36 heavy (non-hydrogen) atoms. The van der Waals surface area contributed by atoms with Crippen molar-refractivity contribution in [1.29, 1.82) is 0 Å². The highest BCUT2D eigenvalue weighted by Gasteiger charge is 2.36. The number of nitro benzene ring substituents is 1. The summed E-state index contributed by atoms with van der Waals surface area (Å²) in [4.78, 5) is 48.8. The Bertz CT molecular complexity index is 1380. The first kappa shape index (κ1) is 24.6. The molecule has 1 heterocycles. The van der Waals surface area contributed by atoms with Gasteiger partial charge in [0.25, 0.3) is 16.8 Å². The summed E-state index contributed by atoms with van der Waals surface area (Å²) in [6.07, 6.45) is 1.50. The number of non-ortho nitro benzene ring substituents is 1. The van der Waals surface area contributed by atoms with Crippen LogP contribution in [0.15, 0.2) is 77.7 Å². The van der Waals surface area contributed by atoms with E-state index >= 15 is 0 Å². The van der Waals surface area contributed by atoms with Crippen LogP contribution in [0.1, 0.15) is 11.1 Å². The quantitative estimate of drug-likeness (QED) is 0.259. The molecule has 9 nitrogen and oxygen atoms in total. The lowest BCUT2D eigenvalue weighted by molar-refractivity contribution is -0.384. The number of halogens is 1. The smallest absolute Gasteiger partial charge is 0.294 e. The number of imide groups is 1. The van der Waals surface area contributed by atoms with E-state index < -0.39 is 34.3 Å². The van der Waals surface area contributed by atoms with Crippen LogP contribution in [0.5, 0.6) is 5.75 Å². The van der Waals surface area contributed by atoms with Crippen LogP contribution in [-0.4, -0.2) is 33.4 Å². The topological polar surface area (TPSA) is 119 Å². The summed E-state index contributed by atoms with van der Waals surface area (Å²) in [5.41, 5.74) is 1.43. The molecule has 182 valence electrons. The number of carbonyl (C=O) groups is 3. The highest BCUT2D eigenvalue weighted by molar-refractivity contribution is 8.18. The number of anilines is 1. The number of nitrogens with zero attached hydrogens (tertiary/aromatic N) is 2. The largest absolute Gasteiger partial charge is 0.488 e. The van der Waals surface area contributed by atoms with Gasteiger partial charge in [0.05, 0.1) is 9.83 Å². The first-order valence-corrected chi connectivity index (χ1v) is 11.4. The van der Waals surface area contributed by atoms with Gasteiger partial charge in [-0.25, -0.2) is 4.39 Å². The van der Waals surface area contributed by atoms with E-state index in [4.69, 9.17) is 4.74 Å². The number of rotatable bonds is 8. The zero-order valence-corrected chi connectivity index (χ0v) is 19.4. The van der Waals surface area contributed by atoms with Gasteiger partial charge in [-0.2, -0.15) is 0 Å². The molecule has 11 heteroatoms. The van der Waals surface area contributed by atoms with E-state index in [0.717, 1.165) is 11.0 Å². The van der Waals surface area contributed by atoms with Gasteiger partial charge in [-0.1, -0.05) is 24.3 Å². The lowest BCUT2D eigenvalue weighted by atomic mass is 10.1. The number of hydrogen-bond acceptors (Lipinski definition) is 7. The normalized spacial score (nSPS) is 14.2. The summed E-state index contributed by atoms with van der Waals surface area (Å²) < 4.78 is 19.2. The summed E-state index contributed by atoms with van der Waals surface area (Å²) in [6.45, 7) is -0.388. The zero-order valence-electron chi connectivity index (χ0n) is 18.5. The van der Waals surface area contributed by atoms with Crippen LogP contribution in [0.3, 0.4) is 0 Å². The molecule has 1 aliphatic rings. The average molecular weight is 507 g/mol. The molecule has 3 aromatic rings. The van der Waals surface area contributed by atoms with Gasteiger partial charge in [0.1, 0.15) is 24.7 Å². The Kier molecular flexibility index (Phi) is 7.40. The molecule has 0 unspecified atom stereocenters. The maximum Gasteiger partial charge on any atom is 0.294 e. The van der Waals surface area contributed by atoms with Gasteiger partial charge >= 0.3 is 0 Å². The molecule has 1 fully saturated rings. The number of benzene rings is 3. The first-order valence-electron chi connectivity index (χ1n) is 10.6. The predicted molar refractivity (Wildman–Crippen MR) is 132 cm³/mol. The molecule has 1 aliphatic heterocycles. The Morgan fingerprint density at radius 1 is 1.08 bits per heavy atom. The number of carbonyl (C=O) groups excluding carboxylic acids is 3. The number of thioether (sulfide) groups is 1. The minimum Gasteiger partial charge on any atom is -0.488 e. The van der Waals surface area contributed by atoms with Crippen molar-refractivity contribution < 1.29 is 28.4 Å². The highest BCUT2D eigenvalue weighted by atomic mass is 32.2. The van der Waals surface area contributed by atoms with E-state index in [9.17, 15) is 28.9 Å². The fraction of sp³-hybridized carbons (Fsp3) is 0.0800. The minimum absolute atomic E-state index is 0.0283. The molecule has 0 bridgehead atoms. The first-order chi connectivity index (χ1) is 17.3. The molecular formula is C25H18FN3O6S. The molecule has 3 amide bonds. The second kappa shape index (κ2) is 10.8. The number of hydrogen-bond donors (Lipinski definition) is 1. The van der Waals surface area contributed by atoms with Gasteiger partial charge in [0.15, 0.2) is 0 Å². The van der Waals surface area contributed by atoms with Crippen LogP contribution in [0.25, 0.3) is 6.08 Å². The van der Waals surface area contributed by atoms with Crippen molar-refractivity contribution >= 4 is 46.3 Å². The van der Waals surface area contributed by atoms with Crippen LogP contribution in [0.2, 0.25) is 0 Å². The Labute approximate surface area is 208 Å². The number of ether oxygens (including phenoxy) is 1. The molecule has 1 saturated heterocycles. The lowest BCUT2D eigenvalue weighted by Crippen LogP contribution is -2.36. The van der Waals surface area contributed by atoms with E-state index in [-0.39, 0.29) is 22.9 Å². The minimum atomic E-state index is -0.643. The van der Waals surface area contributed by atoms with E-state index in [1.165, 1.54) is 36.4 Å². The van der Waals surface area contributed by atoms with Gasteiger partial charge < -0.3 is 10.1 Å². The predicted octanol–water partition coefficient (Wildman–Crippen LogP) is 4.99. The SMILES string of the molecule is O=C(CN1C(=O)S/C(=C/c2ccccc2OCc2ccc([N+](=O)[O-])cc2)C1=O)Nc1cccc(F)c1. The molecule has 0 spiro atoms. The number of nitrogens with one attached hydrogen (secondary N) is 1. The van der Waals surface area contributed by atoms with Crippen molar-refractivity contribution in [1.82, 2.24) is 4.90 Å². The monoisotopic (exact) mass is 507 g/mol. The van der Waals surface area contributed by atoms with Crippen LogP contribution >= 0.6 is 11.8 Å². The molecule has 0 radical (unpaired) electrons. The maximum atomic E-state index is 13.3. The lowest BCUT2D eigenvalue weighted by Gasteiger charge is -2.12. The van der Waals surface area contributed by atoms with Crippen molar-refractivity contribution in [3.63, 3.8) is 0 Å². The Morgan fingerprint density at radius 3 is 2.56 bits per heavy atom. The number of nitro groups is 1. The Hall–Kier alpha value is -4.51.